The van der Waals surface area contributed by atoms with Crippen molar-refractivity contribution in [1.29, 1.82) is 0 Å². The van der Waals surface area contributed by atoms with E-state index < -0.39 is 6.09 Å². The molecule has 0 aromatic heterocycles. The monoisotopic (exact) mass is 733 g/mol. The van der Waals surface area contributed by atoms with Crippen molar-refractivity contribution in [1.82, 2.24) is 5.32 Å². The van der Waals surface area contributed by atoms with Crippen LogP contribution in [0, 0.1) is 0 Å². The Balaban J connectivity index is 0.958. The summed E-state index contributed by atoms with van der Waals surface area (Å²) >= 11 is 0. The zero-order chi connectivity index (χ0) is 36.6. The first-order valence-corrected chi connectivity index (χ1v) is 19.1. The van der Waals surface area contributed by atoms with Gasteiger partial charge in [0.25, 0.3) is 0 Å². The zero-order valence-electron chi connectivity index (χ0n) is 31.4. The molecule has 0 aliphatic heterocycles. The summed E-state index contributed by atoms with van der Waals surface area (Å²) in [7, 11) is 0. The Morgan fingerprint density at radius 2 is 0.846 bits per heavy atom. The fourth-order valence-electron chi connectivity index (χ4n) is 5.54. The minimum atomic E-state index is -0.448. The van der Waals surface area contributed by atoms with Gasteiger partial charge in [0.15, 0.2) is 0 Å². The second-order valence-corrected chi connectivity index (χ2v) is 12.2. The number of hydrogen-bond donors (Lipinski definition) is 1. The van der Waals surface area contributed by atoms with E-state index in [-0.39, 0.29) is 5.92 Å². The van der Waals surface area contributed by atoms with Crippen LogP contribution in [0.1, 0.15) is 56.1 Å². The van der Waals surface area contributed by atoms with Gasteiger partial charge in [0.2, 0.25) is 0 Å². The molecule has 0 heterocycles. The highest BCUT2D eigenvalue weighted by Crippen LogP contribution is 2.44. The lowest BCUT2D eigenvalue weighted by Crippen LogP contribution is -2.29. The first-order chi connectivity index (χ1) is 25.8. The third-order valence-corrected chi connectivity index (χ3v) is 8.23. The molecule has 12 heteroatoms. The summed E-state index contributed by atoms with van der Waals surface area (Å²) in [4.78, 5) is 12.2. The van der Waals surface area contributed by atoms with E-state index in [1.165, 1.54) is 47.9 Å². The molecule has 52 heavy (non-hydrogen) atoms. The molecule has 12 nitrogen and oxygen atoms in total. The van der Waals surface area contributed by atoms with Gasteiger partial charge < -0.3 is 52.7 Å². The lowest BCUT2D eigenvalue weighted by atomic mass is 9.98. The number of hydrogen-bond acceptors (Lipinski definition) is 11. The number of carbonyl (C=O) groups is 1. The summed E-state index contributed by atoms with van der Waals surface area (Å²) in [5.74, 6) is 0.0406. The van der Waals surface area contributed by atoms with Crippen LogP contribution in [-0.2, 0) is 47.4 Å². The number of alkyl carbamates (subject to hydrolysis) is 1. The van der Waals surface area contributed by atoms with Gasteiger partial charge in [-0.3, -0.25) is 0 Å². The van der Waals surface area contributed by atoms with E-state index in [2.05, 4.69) is 36.5 Å². The minimum absolute atomic E-state index is 0.0406. The molecular formula is C40H63NO11. The predicted octanol–water partition coefficient (Wildman–Crippen LogP) is 5.64. The Morgan fingerprint density at radius 1 is 0.481 bits per heavy atom. The van der Waals surface area contributed by atoms with Crippen molar-refractivity contribution in [2.24, 2.45) is 0 Å². The van der Waals surface area contributed by atoms with Crippen LogP contribution in [0.4, 0.5) is 4.79 Å². The molecule has 1 amide bonds. The summed E-state index contributed by atoms with van der Waals surface area (Å²) in [6.45, 7) is 12.3. The van der Waals surface area contributed by atoms with Gasteiger partial charge in [0.05, 0.1) is 112 Å². The van der Waals surface area contributed by atoms with E-state index >= 15 is 0 Å². The van der Waals surface area contributed by atoms with Gasteiger partial charge in [0, 0.05) is 19.1 Å². The van der Waals surface area contributed by atoms with Crippen molar-refractivity contribution in [2.75, 3.05) is 132 Å². The van der Waals surface area contributed by atoms with Crippen molar-refractivity contribution in [2.45, 2.75) is 44.9 Å². The molecular weight excluding hydrogens is 670 g/mol. The number of carbonyl (C=O) groups excluding carboxylic acids is 1. The number of nitrogens with one attached hydrogen (secondary N) is 1. The number of ether oxygens (including phenoxy) is 10. The third kappa shape index (κ3) is 20.0. The average Bonchev–Trinajstić information content (AvgIpc) is 3.49. The second kappa shape index (κ2) is 30.8. The SMILES string of the molecule is CCCCCCCOCCOCCOCCOCCOCCOCCOCCOCCOCCNC(=O)OCC1c2ccccc2-c2ccccc21. The predicted molar refractivity (Wildman–Crippen MR) is 199 cm³/mol. The first kappa shape index (κ1) is 43.8. The maximum Gasteiger partial charge on any atom is 0.407 e. The standard InChI is InChI=1S/C40H63NO11/c1-2-3-4-5-10-16-43-18-20-45-22-24-47-26-28-49-30-32-51-33-31-50-29-27-48-25-23-46-21-19-44-17-15-41-40(42)52-34-39-37-13-8-6-11-35(37)36-12-7-9-14-38(36)39/h6-9,11-14,39H,2-5,10,15-34H2,1H3,(H,41,42). The van der Waals surface area contributed by atoms with E-state index in [1.54, 1.807) is 0 Å². The molecule has 0 fully saturated rings. The molecule has 1 aliphatic carbocycles. The summed E-state index contributed by atoms with van der Waals surface area (Å²) in [6.07, 6.45) is 5.81. The number of unbranched alkanes of at least 4 members (excludes halogenated alkanes) is 4. The highest BCUT2D eigenvalue weighted by Gasteiger charge is 2.28. The summed E-state index contributed by atoms with van der Waals surface area (Å²) in [5.41, 5.74) is 4.78. The Bertz CT molecular complexity index is 1110. The van der Waals surface area contributed by atoms with E-state index in [0.717, 1.165) is 13.0 Å². The van der Waals surface area contributed by atoms with Crippen LogP contribution in [-0.4, -0.2) is 138 Å². The quantitative estimate of drug-likeness (QED) is 0.0886. The lowest BCUT2D eigenvalue weighted by Gasteiger charge is -2.14. The molecule has 0 saturated carbocycles. The normalized spacial score (nSPS) is 12.2. The number of fused-ring (bicyclic) bond motifs is 3. The van der Waals surface area contributed by atoms with Crippen molar-refractivity contribution in [3.63, 3.8) is 0 Å². The minimum Gasteiger partial charge on any atom is -0.449 e. The topological polar surface area (TPSA) is 121 Å². The average molecular weight is 734 g/mol. The van der Waals surface area contributed by atoms with Gasteiger partial charge in [-0.25, -0.2) is 4.79 Å². The molecule has 1 N–H and O–H groups in total. The van der Waals surface area contributed by atoms with Crippen LogP contribution in [0.5, 0.6) is 0 Å². The van der Waals surface area contributed by atoms with Gasteiger partial charge in [0.1, 0.15) is 6.61 Å². The third-order valence-electron chi connectivity index (χ3n) is 8.23. The van der Waals surface area contributed by atoms with Crippen molar-refractivity contribution in [3.05, 3.63) is 59.7 Å². The number of benzene rings is 2. The van der Waals surface area contributed by atoms with Crippen LogP contribution in [0.15, 0.2) is 48.5 Å². The molecule has 294 valence electrons. The van der Waals surface area contributed by atoms with E-state index in [0.29, 0.717) is 125 Å². The Labute approximate surface area is 311 Å². The fraction of sp³-hybridized carbons (Fsp3) is 0.675. The molecule has 0 unspecified atom stereocenters. The van der Waals surface area contributed by atoms with Crippen LogP contribution in [0.3, 0.4) is 0 Å². The van der Waals surface area contributed by atoms with Gasteiger partial charge >= 0.3 is 6.09 Å². The van der Waals surface area contributed by atoms with Gasteiger partial charge in [-0.15, -0.1) is 0 Å². The summed E-state index contributed by atoms with van der Waals surface area (Å²) in [6, 6.07) is 16.5. The molecule has 0 bridgehead atoms. The summed E-state index contributed by atoms with van der Waals surface area (Å²) in [5, 5.41) is 2.75. The van der Waals surface area contributed by atoms with Gasteiger partial charge in [-0.2, -0.15) is 0 Å². The molecule has 2 aromatic rings. The van der Waals surface area contributed by atoms with Crippen molar-refractivity contribution in [3.8, 4) is 11.1 Å². The highest BCUT2D eigenvalue weighted by molar-refractivity contribution is 5.79. The van der Waals surface area contributed by atoms with E-state index in [9.17, 15) is 4.79 Å². The second-order valence-electron chi connectivity index (χ2n) is 12.2. The molecule has 0 radical (unpaired) electrons. The van der Waals surface area contributed by atoms with E-state index in [1.807, 2.05) is 24.3 Å². The van der Waals surface area contributed by atoms with Crippen molar-refractivity contribution >= 4 is 6.09 Å². The van der Waals surface area contributed by atoms with Crippen LogP contribution < -0.4 is 5.32 Å². The molecule has 1 aliphatic rings. The molecule has 0 spiro atoms. The van der Waals surface area contributed by atoms with E-state index in [4.69, 9.17) is 47.4 Å². The molecule has 0 atom stereocenters. The van der Waals surface area contributed by atoms with Crippen LogP contribution in [0.2, 0.25) is 0 Å². The number of rotatable bonds is 35. The Kier molecular flexibility index (Phi) is 25.9. The Hall–Kier alpha value is -2.65. The van der Waals surface area contributed by atoms with Gasteiger partial charge in [-0.05, 0) is 28.7 Å². The Morgan fingerprint density at radius 3 is 1.27 bits per heavy atom. The number of amides is 1. The summed E-state index contributed by atoms with van der Waals surface area (Å²) < 4.78 is 55.2. The smallest absolute Gasteiger partial charge is 0.407 e. The first-order valence-electron chi connectivity index (χ1n) is 19.1. The van der Waals surface area contributed by atoms with Crippen LogP contribution >= 0.6 is 0 Å². The lowest BCUT2D eigenvalue weighted by molar-refractivity contribution is -0.0249. The van der Waals surface area contributed by atoms with Crippen LogP contribution in [0.25, 0.3) is 11.1 Å². The fourth-order valence-corrected chi connectivity index (χ4v) is 5.54. The highest BCUT2D eigenvalue weighted by atomic mass is 16.6. The molecule has 0 saturated heterocycles. The van der Waals surface area contributed by atoms with Crippen molar-refractivity contribution < 1.29 is 52.2 Å². The van der Waals surface area contributed by atoms with Gasteiger partial charge in [-0.1, -0.05) is 81.1 Å². The molecule has 3 rings (SSSR count). The molecule has 2 aromatic carbocycles. The largest absolute Gasteiger partial charge is 0.449 e. The maximum atomic E-state index is 12.2. The zero-order valence-corrected chi connectivity index (χ0v) is 31.4. The maximum absolute atomic E-state index is 12.2.